The summed E-state index contributed by atoms with van der Waals surface area (Å²) in [7, 11) is 0. The van der Waals surface area contributed by atoms with Gasteiger partial charge in [-0.25, -0.2) is 9.97 Å². The Balaban J connectivity index is 1.44. The lowest BCUT2D eigenvalue weighted by molar-refractivity contribution is 0.0282. The van der Waals surface area contributed by atoms with Gasteiger partial charge in [0.25, 0.3) is 0 Å². The van der Waals surface area contributed by atoms with Crippen molar-refractivity contribution in [2.24, 2.45) is 5.92 Å². The maximum atomic E-state index is 9.83. The summed E-state index contributed by atoms with van der Waals surface area (Å²) in [6, 6.07) is 9.78. The largest absolute Gasteiger partial charge is 0.393 e. The molecule has 2 aromatic heterocycles. The van der Waals surface area contributed by atoms with Crippen LogP contribution in [0.3, 0.4) is 0 Å². The predicted molar refractivity (Wildman–Crippen MR) is 95.8 cm³/mol. The van der Waals surface area contributed by atoms with E-state index >= 15 is 0 Å². The average molecular weight is 351 g/mol. The molecule has 0 spiro atoms. The van der Waals surface area contributed by atoms with Crippen LogP contribution in [0.1, 0.15) is 19.2 Å². The smallest absolute Gasteiger partial charge is 0.241 e. The van der Waals surface area contributed by atoms with Crippen LogP contribution < -0.4 is 0 Å². The summed E-state index contributed by atoms with van der Waals surface area (Å²) in [6.07, 6.45) is 3.84. The SMILES string of the molecule is CC1CN(Cc2nc(-c3ccc(-c4ccncn4)cc3)no2)CCC1O. The van der Waals surface area contributed by atoms with Crippen molar-refractivity contribution in [3.63, 3.8) is 0 Å². The fourth-order valence-electron chi connectivity index (χ4n) is 3.24. The zero-order valence-corrected chi connectivity index (χ0v) is 14.6. The molecule has 4 rings (SSSR count). The van der Waals surface area contributed by atoms with Gasteiger partial charge in [-0.05, 0) is 18.4 Å². The van der Waals surface area contributed by atoms with Gasteiger partial charge in [-0.1, -0.05) is 36.3 Å². The molecule has 7 heteroatoms. The second kappa shape index (κ2) is 7.31. The molecular formula is C19H21N5O2. The Morgan fingerprint density at radius 3 is 2.73 bits per heavy atom. The third-order valence-electron chi connectivity index (χ3n) is 4.79. The summed E-state index contributed by atoms with van der Waals surface area (Å²) in [5.74, 6) is 1.45. The summed E-state index contributed by atoms with van der Waals surface area (Å²) in [6.45, 7) is 4.36. The van der Waals surface area contributed by atoms with Crippen LogP contribution in [0.2, 0.25) is 0 Å². The molecule has 1 aromatic carbocycles. The van der Waals surface area contributed by atoms with Crippen LogP contribution in [-0.4, -0.2) is 49.3 Å². The summed E-state index contributed by atoms with van der Waals surface area (Å²) in [5, 5.41) is 13.9. The second-order valence-electron chi connectivity index (χ2n) is 6.75. The highest BCUT2D eigenvalue weighted by atomic mass is 16.5. The zero-order valence-electron chi connectivity index (χ0n) is 14.6. The van der Waals surface area contributed by atoms with E-state index in [1.54, 1.807) is 6.20 Å². The third kappa shape index (κ3) is 3.63. The van der Waals surface area contributed by atoms with Crippen LogP contribution in [-0.2, 0) is 6.54 Å². The minimum absolute atomic E-state index is 0.210. The highest BCUT2D eigenvalue weighted by molar-refractivity contribution is 5.64. The Morgan fingerprint density at radius 1 is 1.19 bits per heavy atom. The van der Waals surface area contributed by atoms with Crippen molar-refractivity contribution in [1.82, 2.24) is 25.0 Å². The number of aliphatic hydroxyl groups excluding tert-OH is 1. The fraction of sp³-hybridized carbons (Fsp3) is 0.368. The van der Waals surface area contributed by atoms with E-state index in [2.05, 4.69) is 31.9 Å². The Morgan fingerprint density at radius 2 is 2.00 bits per heavy atom. The Kier molecular flexibility index (Phi) is 4.73. The fourth-order valence-corrected chi connectivity index (χ4v) is 3.24. The van der Waals surface area contributed by atoms with Crippen LogP contribution >= 0.6 is 0 Å². The number of likely N-dealkylation sites (tertiary alicyclic amines) is 1. The minimum Gasteiger partial charge on any atom is -0.393 e. The topological polar surface area (TPSA) is 88.2 Å². The lowest BCUT2D eigenvalue weighted by Crippen LogP contribution is -2.41. The van der Waals surface area contributed by atoms with E-state index in [1.807, 2.05) is 30.3 Å². The number of piperidine rings is 1. The molecule has 1 saturated heterocycles. The molecule has 2 atom stereocenters. The second-order valence-corrected chi connectivity index (χ2v) is 6.75. The molecule has 3 aromatic rings. The van der Waals surface area contributed by atoms with Crippen LogP contribution in [0.5, 0.6) is 0 Å². The quantitative estimate of drug-likeness (QED) is 0.772. The van der Waals surface area contributed by atoms with Gasteiger partial charge < -0.3 is 9.63 Å². The van der Waals surface area contributed by atoms with Gasteiger partial charge in [0.15, 0.2) is 0 Å². The number of aromatic nitrogens is 4. The summed E-state index contributed by atoms with van der Waals surface area (Å²) < 4.78 is 5.41. The maximum Gasteiger partial charge on any atom is 0.241 e. The van der Waals surface area contributed by atoms with E-state index < -0.39 is 0 Å². The van der Waals surface area contributed by atoms with E-state index in [1.165, 1.54) is 6.33 Å². The van der Waals surface area contributed by atoms with E-state index in [4.69, 9.17) is 4.52 Å². The van der Waals surface area contributed by atoms with Gasteiger partial charge >= 0.3 is 0 Å². The van der Waals surface area contributed by atoms with E-state index in [0.29, 0.717) is 18.3 Å². The van der Waals surface area contributed by atoms with E-state index in [9.17, 15) is 5.11 Å². The highest BCUT2D eigenvalue weighted by Crippen LogP contribution is 2.23. The molecule has 7 nitrogen and oxygen atoms in total. The molecule has 1 N–H and O–H groups in total. The number of benzene rings is 1. The van der Waals surface area contributed by atoms with Crippen molar-refractivity contribution >= 4 is 0 Å². The number of hydrogen-bond donors (Lipinski definition) is 1. The summed E-state index contributed by atoms with van der Waals surface area (Å²) in [4.78, 5) is 14.9. The molecular weight excluding hydrogens is 330 g/mol. The molecule has 134 valence electrons. The molecule has 2 unspecified atom stereocenters. The molecule has 0 radical (unpaired) electrons. The molecule has 1 fully saturated rings. The standard InChI is InChI=1S/C19H21N5O2/c1-13-10-24(9-7-17(13)25)11-18-22-19(23-26-18)15-4-2-14(3-5-15)16-6-8-20-12-21-16/h2-6,8,12-13,17,25H,7,9-11H2,1H3. The van der Waals surface area contributed by atoms with Crippen molar-refractivity contribution in [2.45, 2.75) is 26.0 Å². The van der Waals surface area contributed by atoms with E-state index in [0.717, 1.165) is 36.3 Å². The Hall–Kier alpha value is -2.64. The van der Waals surface area contributed by atoms with Crippen LogP contribution in [0.15, 0.2) is 47.4 Å². The first-order chi connectivity index (χ1) is 12.7. The molecule has 0 aliphatic carbocycles. The van der Waals surface area contributed by atoms with Crippen LogP contribution in [0.4, 0.5) is 0 Å². The normalized spacial score (nSPS) is 21.0. The molecule has 0 amide bonds. The number of nitrogens with zero attached hydrogens (tertiary/aromatic N) is 5. The number of rotatable bonds is 4. The molecule has 1 aliphatic rings. The maximum absolute atomic E-state index is 9.83. The predicted octanol–water partition coefficient (Wildman–Crippen LogP) is 2.40. The highest BCUT2D eigenvalue weighted by Gasteiger charge is 2.25. The van der Waals surface area contributed by atoms with Crippen molar-refractivity contribution in [3.05, 3.63) is 48.7 Å². The van der Waals surface area contributed by atoms with Crippen LogP contribution in [0, 0.1) is 5.92 Å². The monoisotopic (exact) mass is 351 g/mol. The van der Waals surface area contributed by atoms with Gasteiger partial charge in [-0.3, -0.25) is 4.90 Å². The third-order valence-corrected chi connectivity index (χ3v) is 4.79. The first-order valence-electron chi connectivity index (χ1n) is 8.79. The van der Waals surface area contributed by atoms with E-state index in [-0.39, 0.29) is 12.0 Å². The lowest BCUT2D eigenvalue weighted by atomic mass is 9.97. The lowest BCUT2D eigenvalue weighted by Gasteiger charge is -2.33. The first-order valence-corrected chi connectivity index (χ1v) is 8.79. The molecule has 1 aliphatic heterocycles. The van der Waals surface area contributed by atoms with Gasteiger partial charge in [0.2, 0.25) is 11.7 Å². The molecule has 0 saturated carbocycles. The van der Waals surface area contributed by atoms with Gasteiger partial charge in [0.05, 0.1) is 18.3 Å². The van der Waals surface area contributed by atoms with Gasteiger partial charge in [0.1, 0.15) is 6.33 Å². The van der Waals surface area contributed by atoms with Gasteiger partial charge in [0, 0.05) is 30.4 Å². The first kappa shape index (κ1) is 16.8. The molecule has 26 heavy (non-hydrogen) atoms. The van der Waals surface area contributed by atoms with Crippen molar-refractivity contribution in [3.8, 4) is 22.6 Å². The molecule has 0 bridgehead atoms. The Bertz CT molecular complexity index is 850. The zero-order chi connectivity index (χ0) is 17.9. The number of aliphatic hydroxyl groups is 1. The van der Waals surface area contributed by atoms with Gasteiger partial charge in [-0.2, -0.15) is 4.98 Å². The van der Waals surface area contributed by atoms with Crippen molar-refractivity contribution in [2.75, 3.05) is 13.1 Å². The summed E-state index contributed by atoms with van der Waals surface area (Å²) >= 11 is 0. The molecule has 3 heterocycles. The minimum atomic E-state index is -0.210. The average Bonchev–Trinajstić information content (AvgIpc) is 3.14. The Labute approximate surface area is 151 Å². The van der Waals surface area contributed by atoms with Gasteiger partial charge in [-0.15, -0.1) is 0 Å². The number of hydrogen-bond acceptors (Lipinski definition) is 7. The van der Waals surface area contributed by atoms with Crippen molar-refractivity contribution < 1.29 is 9.63 Å². The summed E-state index contributed by atoms with van der Waals surface area (Å²) in [5.41, 5.74) is 2.79. The van der Waals surface area contributed by atoms with Crippen molar-refractivity contribution in [1.29, 1.82) is 0 Å². The van der Waals surface area contributed by atoms with Crippen LogP contribution in [0.25, 0.3) is 22.6 Å².